The SMILES string of the molecule is CCCCOCCOCCNC(=NC)N1CCN(c2ccccc2)CC1. The molecule has 0 unspecified atom stereocenters. The normalized spacial score (nSPS) is 15.4. The van der Waals surface area contributed by atoms with Gasteiger partial charge in [0.15, 0.2) is 5.96 Å². The molecule has 0 aromatic heterocycles. The maximum absolute atomic E-state index is 5.60. The quantitative estimate of drug-likeness (QED) is 0.393. The third-order valence-corrected chi connectivity index (χ3v) is 4.46. The number of hydrogen-bond acceptors (Lipinski definition) is 4. The molecule has 0 atom stereocenters. The molecule has 1 N–H and O–H groups in total. The Morgan fingerprint density at radius 3 is 2.35 bits per heavy atom. The van der Waals surface area contributed by atoms with E-state index >= 15 is 0 Å². The summed E-state index contributed by atoms with van der Waals surface area (Å²) in [5.41, 5.74) is 1.30. The molecule has 0 spiro atoms. The summed E-state index contributed by atoms with van der Waals surface area (Å²) in [4.78, 5) is 9.14. The third-order valence-electron chi connectivity index (χ3n) is 4.46. The number of rotatable bonds is 10. The van der Waals surface area contributed by atoms with E-state index < -0.39 is 0 Å². The van der Waals surface area contributed by atoms with Crippen molar-refractivity contribution in [2.45, 2.75) is 19.8 Å². The Bertz CT molecular complexity index is 502. The number of guanidine groups is 1. The minimum Gasteiger partial charge on any atom is -0.379 e. The van der Waals surface area contributed by atoms with E-state index in [2.05, 4.69) is 57.4 Å². The predicted molar refractivity (Wildman–Crippen MR) is 108 cm³/mol. The van der Waals surface area contributed by atoms with Gasteiger partial charge in [-0.05, 0) is 18.6 Å². The molecule has 1 aromatic rings. The van der Waals surface area contributed by atoms with Crippen molar-refractivity contribution in [1.29, 1.82) is 0 Å². The number of aliphatic imine (C=N–C) groups is 1. The first-order chi connectivity index (χ1) is 12.8. The van der Waals surface area contributed by atoms with Gasteiger partial charge in [0.2, 0.25) is 0 Å². The van der Waals surface area contributed by atoms with Crippen LogP contribution in [-0.2, 0) is 9.47 Å². The summed E-state index contributed by atoms with van der Waals surface area (Å²) < 4.78 is 11.1. The van der Waals surface area contributed by atoms with E-state index in [0.717, 1.165) is 51.7 Å². The fraction of sp³-hybridized carbons (Fsp3) is 0.650. The lowest BCUT2D eigenvalue weighted by Crippen LogP contribution is -2.53. The standard InChI is InChI=1S/C20H34N4O2/c1-3-4-15-25-17-18-26-16-10-22-20(21-2)24-13-11-23(12-14-24)19-8-6-5-7-9-19/h5-9H,3-4,10-18H2,1-2H3,(H,21,22). The monoisotopic (exact) mass is 362 g/mol. The molecule has 6 heteroatoms. The average Bonchev–Trinajstić information content (AvgIpc) is 2.70. The van der Waals surface area contributed by atoms with Gasteiger partial charge in [0.05, 0.1) is 19.8 Å². The predicted octanol–water partition coefficient (Wildman–Crippen LogP) is 2.22. The van der Waals surface area contributed by atoms with Crippen LogP contribution in [0.25, 0.3) is 0 Å². The topological polar surface area (TPSA) is 49.3 Å². The van der Waals surface area contributed by atoms with Gasteiger partial charge in [-0.1, -0.05) is 31.5 Å². The lowest BCUT2D eigenvalue weighted by Gasteiger charge is -2.37. The van der Waals surface area contributed by atoms with Crippen LogP contribution in [-0.4, -0.2) is 77.1 Å². The van der Waals surface area contributed by atoms with Crippen molar-refractivity contribution in [3.8, 4) is 0 Å². The summed E-state index contributed by atoms with van der Waals surface area (Å²) >= 11 is 0. The number of nitrogens with one attached hydrogen (secondary N) is 1. The van der Waals surface area contributed by atoms with Crippen molar-refractivity contribution in [1.82, 2.24) is 10.2 Å². The fourth-order valence-electron chi connectivity index (χ4n) is 2.95. The van der Waals surface area contributed by atoms with Crippen LogP contribution in [0.5, 0.6) is 0 Å². The molecule has 0 amide bonds. The van der Waals surface area contributed by atoms with E-state index in [1.165, 1.54) is 12.1 Å². The number of para-hydroxylation sites is 1. The number of piperazine rings is 1. The van der Waals surface area contributed by atoms with E-state index in [9.17, 15) is 0 Å². The molecule has 0 aliphatic carbocycles. The molecule has 0 saturated carbocycles. The summed E-state index contributed by atoms with van der Waals surface area (Å²) in [6.45, 7) is 9.73. The lowest BCUT2D eigenvalue weighted by molar-refractivity contribution is 0.0486. The molecular formula is C20H34N4O2. The molecule has 1 aromatic carbocycles. The lowest BCUT2D eigenvalue weighted by atomic mass is 10.2. The molecule has 1 saturated heterocycles. The Kier molecular flexibility index (Phi) is 9.90. The van der Waals surface area contributed by atoms with Crippen molar-refractivity contribution in [3.63, 3.8) is 0 Å². The Labute approximate surface area is 158 Å². The van der Waals surface area contributed by atoms with Gasteiger partial charge in [-0.15, -0.1) is 0 Å². The number of ether oxygens (including phenoxy) is 2. The molecule has 1 fully saturated rings. The van der Waals surface area contributed by atoms with Crippen LogP contribution in [0.4, 0.5) is 5.69 Å². The Morgan fingerprint density at radius 2 is 1.69 bits per heavy atom. The highest BCUT2D eigenvalue weighted by atomic mass is 16.5. The van der Waals surface area contributed by atoms with Crippen LogP contribution in [0.1, 0.15) is 19.8 Å². The average molecular weight is 363 g/mol. The Morgan fingerprint density at radius 1 is 1.00 bits per heavy atom. The second-order valence-corrected chi connectivity index (χ2v) is 6.36. The zero-order valence-electron chi connectivity index (χ0n) is 16.3. The van der Waals surface area contributed by atoms with Gasteiger partial charge in [-0.3, -0.25) is 4.99 Å². The maximum atomic E-state index is 5.60. The molecule has 2 rings (SSSR count). The molecule has 1 heterocycles. The van der Waals surface area contributed by atoms with Crippen LogP contribution in [0.15, 0.2) is 35.3 Å². The van der Waals surface area contributed by atoms with E-state index in [-0.39, 0.29) is 0 Å². The van der Waals surface area contributed by atoms with Crippen molar-refractivity contribution in [2.24, 2.45) is 4.99 Å². The summed E-state index contributed by atoms with van der Waals surface area (Å²) in [6.07, 6.45) is 2.29. The maximum Gasteiger partial charge on any atom is 0.193 e. The highest BCUT2D eigenvalue weighted by molar-refractivity contribution is 5.80. The molecule has 6 nitrogen and oxygen atoms in total. The summed E-state index contributed by atoms with van der Waals surface area (Å²) in [5, 5.41) is 3.40. The largest absolute Gasteiger partial charge is 0.379 e. The minimum absolute atomic E-state index is 0.653. The van der Waals surface area contributed by atoms with Crippen molar-refractivity contribution < 1.29 is 9.47 Å². The zero-order chi connectivity index (χ0) is 18.5. The molecule has 1 aliphatic heterocycles. The Hall–Kier alpha value is -1.79. The first-order valence-corrected chi connectivity index (χ1v) is 9.76. The second kappa shape index (κ2) is 12.5. The van der Waals surface area contributed by atoms with Crippen LogP contribution in [0.2, 0.25) is 0 Å². The van der Waals surface area contributed by atoms with Crippen LogP contribution in [0, 0.1) is 0 Å². The first kappa shape index (κ1) is 20.5. The molecule has 1 aliphatic rings. The van der Waals surface area contributed by atoms with E-state index in [1.54, 1.807) is 0 Å². The van der Waals surface area contributed by atoms with Crippen molar-refractivity contribution in [2.75, 3.05) is 71.1 Å². The summed E-state index contributed by atoms with van der Waals surface area (Å²) in [5.74, 6) is 0.959. The number of anilines is 1. The number of nitrogens with zero attached hydrogens (tertiary/aromatic N) is 3. The summed E-state index contributed by atoms with van der Waals surface area (Å²) in [6, 6.07) is 10.6. The molecular weight excluding hydrogens is 328 g/mol. The van der Waals surface area contributed by atoms with Crippen LogP contribution in [0.3, 0.4) is 0 Å². The molecule has 26 heavy (non-hydrogen) atoms. The van der Waals surface area contributed by atoms with Crippen molar-refractivity contribution >= 4 is 11.6 Å². The smallest absolute Gasteiger partial charge is 0.193 e. The fourth-order valence-corrected chi connectivity index (χ4v) is 2.95. The van der Waals surface area contributed by atoms with Gasteiger partial charge in [0, 0.05) is 52.1 Å². The van der Waals surface area contributed by atoms with E-state index in [4.69, 9.17) is 9.47 Å². The van der Waals surface area contributed by atoms with Gasteiger partial charge >= 0.3 is 0 Å². The Balaban J connectivity index is 1.58. The molecule has 146 valence electrons. The molecule has 0 bridgehead atoms. The second-order valence-electron chi connectivity index (χ2n) is 6.36. The van der Waals surface area contributed by atoms with Crippen LogP contribution < -0.4 is 10.2 Å². The summed E-state index contributed by atoms with van der Waals surface area (Å²) in [7, 11) is 1.84. The van der Waals surface area contributed by atoms with Crippen molar-refractivity contribution in [3.05, 3.63) is 30.3 Å². The number of unbranched alkanes of at least 4 members (excludes halogenated alkanes) is 1. The first-order valence-electron chi connectivity index (χ1n) is 9.76. The van der Waals surface area contributed by atoms with E-state index in [0.29, 0.717) is 19.8 Å². The highest BCUT2D eigenvalue weighted by Crippen LogP contribution is 2.15. The minimum atomic E-state index is 0.653. The van der Waals surface area contributed by atoms with E-state index in [1.807, 2.05) is 7.05 Å². The van der Waals surface area contributed by atoms with Gasteiger partial charge < -0.3 is 24.6 Å². The van der Waals surface area contributed by atoms with Gasteiger partial charge in [0.1, 0.15) is 0 Å². The number of benzene rings is 1. The highest BCUT2D eigenvalue weighted by Gasteiger charge is 2.19. The van der Waals surface area contributed by atoms with Gasteiger partial charge in [0.25, 0.3) is 0 Å². The van der Waals surface area contributed by atoms with Crippen LogP contribution >= 0.6 is 0 Å². The zero-order valence-corrected chi connectivity index (χ0v) is 16.3. The van der Waals surface area contributed by atoms with Gasteiger partial charge in [-0.2, -0.15) is 0 Å². The molecule has 0 radical (unpaired) electrons. The van der Waals surface area contributed by atoms with Gasteiger partial charge in [-0.25, -0.2) is 0 Å². The number of hydrogen-bond donors (Lipinski definition) is 1. The third kappa shape index (κ3) is 7.22.